The minimum Gasteiger partial charge on any atom is -0.244 e. The summed E-state index contributed by atoms with van der Waals surface area (Å²) in [5.74, 6) is 0. The van der Waals surface area contributed by atoms with Crippen molar-refractivity contribution < 1.29 is 0 Å². The minimum atomic E-state index is 0.553. The van der Waals surface area contributed by atoms with Crippen molar-refractivity contribution in [1.29, 1.82) is 0 Å². The van der Waals surface area contributed by atoms with Crippen LogP contribution < -0.4 is 0 Å². The first-order valence-corrected chi connectivity index (χ1v) is 4.33. The third kappa shape index (κ3) is 1.86. The van der Waals surface area contributed by atoms with E-state index in [9.17, 15) is 0 Å². The maximum Gasteiger partial charge on any atom is 0.129 e. The zero-order valence-corrected chi connectivity index (χ0v) is 8.15. The van der Waals surface area contributed by atoms with Gasteiger partial charge in [-0.1, -0.05) is 25.1 Å². The quantitative estimate of drug-likeness (QED) is 0.638. The predicted octanol–water partition coefficient (Wildman–Crippen LogP) is 3.33. The number of hydrogen-bond donors (Lipinski definition) is 0. The van der Waals surface area contributed by atoms with Crippen molar-refractivity contribution in [1.82, 2.24) is 4.98 Å². The van der Waals surface area contributed by atoms with Gasteiger partial charge < -0.3 is 0 Å². The van der Waals surface area contributed by atoms with Crippen LogP contribution in [0, 0.1) is 0 Å². The highest BCUT2D eigenvalue weighted by Gasteiger charge is 2.02. The van der Waals surface area contributed by atoms with E-state index in [0.717, 1.165) is 17.6 Å². The number of halogens is 1. The fourth-order valence-electron chi connectivity index (χ4n) is 1.14. The van der Waals surface area contributed by atoms with E-state index < -0.39 is 0 Å². The number of pyridine rings is 1. The van der Waals surface area contributed by atoms with Crippen molar-refractivity contribution in [2.75, 3.05) is 0 Å². The molecule has 0 atom stereocenters. The van der Waals surface area contributed by atoms with E-state index >= 15 is 0 Å². The Balaban J connectivity index is 3.20. The van der Waals surface area contributed by atoms with Gasteiger partial charge >= 0.3 is 0 Å². The molecule has 0 radical (unpaired) electrons. The lowest BCUT2D eigenvalue weighted by Gasteiger charge is -2.06. The van der Waals surface area contributed by atoms with E-state index in [4.69, 9.17) is 11.6 Å². The van der Waals surface area contributed by atoms with E-state index in [-0.39, 0.29) is 0 Å². The van der Waals surface area contributed by atoms with Gasteiger partial charge in [-0.25, -0.2) is 4.98 Å². The van der Waals surface area contributed by atoms with Crippen molar-refractivity contribution in [3.05, 3.63) is 35.1 Å². The summed E-state index contributed by atoms with van der Waals surface area (Å²) in [4.78, 5) is 4.01. The number of aryl methyl sites for hydroxylation is 1. The fourth-order valence-corrected chi connectivity index (χ4v) is 1.33. The van der Waals surface area contributed by atoms with Gasteiger partial charge in [-0.2, -0.15) is 0 Å². The molecule has 0 bridgehead atoms. The molecule has 0 aromatic carbocycles. The zero-order valence-electron chi connectivity index (χ0n) is 7.39. The fraction of sp³-hybridized carbons (Fsp3) is 0.300. The maximum absolute atomic E-state index is 5.76. The van der Waals surface area contributed by atoms with Crippen LogP contribution in [0.5, 0.6) is 0 Å². The van der Waals surface area contributed by atoms with Crippen LogP contribution in [0.25, 0.3) is 5.57 Å². The topological polar surface area (TPSA) is 12.9 Å². The van der Waals surface area contributed by atoms with Crippen molar-refractivity contribution in [2.45, 2.75) is 20.3 Å². The maximum atomic E-state index is 5.76. The van der Waals surface area contributed by atoms with Crippen LogP contribution in [0.4, 0.5) is 0 Å². The molecule has 0 fully saturated rings. The molecule has 0 aliphatic heterocycles. The summed E-state index contributed by atoms with van der Waals surface area (Å²) < 4.78 is 0. The third-order valence-corrected chi connectivity index (χ3v) is 2.00. The first kappa shape index (κ1) is 9.27. The largest absolute Gasteiger partial charge is 0.244 e. The van der Waals surface area contributed by atoms with Crippen LogP contribution >= 0.6 is 11.6 Å². The van der Waals surface area contributed by atoms with Gasteiger partial charge in [0.25, 0.3) is 0 Å². The van der Waals surface area contributed by atoms with Gasteiger partial charge in [0.05, 0.1) is 0 Å². The molecule has 0 aliphatic rings. The molecule has 0 N–H and O–H groups in total. The zero-order chi connectivity index (χ0) is 9.14. The Morgan fingerprint density at radius 3 is 2.83 bits per heavy atom. The van der Waals surface area contributed by atoms with Crippen molar-refractivity contribution in [3.63, 3.8) is 0 Å². The summed E-state index contributed by atoms with van der Waals surface area (Å²) in [6, 6.07) is 1.89. The van der Waals surface area contributed by atoms with E-state index in [1.54, 1.807) is 6.20 Å². The number of rotatable bonds is 2. The average molecular weight is 182 g/mol. The standard InChI is InChI=1S/C10H12ClN/c1-4-8-5-10(11)12-6-9(8)7(2)3/h5-6H,2,4H2,1,3H3. The molecule has 0 amide bonds. The van der Waals surface area contributed by atoms with Gasteiger partial charge in [0, 0.05) is 6.20 Å². The molecule has 0 aliphatic carbocycles. The Morgan fingerprint density at radius 2 is 2.33 bits per heavy atom. The Labute approximate surface area is 78.1 Å². The average Bonchev–Trinajstić information content (AvgIpc) is 2.03. The molecular weight excluding hydrogens is 170 g/mol. The van der Waals surface area contributed by atoms with Crippen molar-refractivity contribution in [3.8, 4) is 0 Å². The van der Waals surface area contributed by atoms with Crippen molar-refractivity contribution >= 4 is 17.2 Å². The molecule has 1 aromatic rings. The van der Waals surface area contributed by atoms with Gasteiger partial charge in [0.1, 0.15) is 5.15 Å². The van der Waals surface area contributed by atoms with Crippen LogP contribution in [0.1, 0.15) is 25.0 Å². The van der Waals surface area contributed by atoms with Crippen LogP contribution in [0.2, 0.25) is 5.15 Å². The smallest absolute Gasteiger partial charge is 0.129 e. The number of hydrogen-bond acceptors (Lipinski definition) is 1. The molecule has 1 aromatic heterocycles. The number of aromatic nitrogens is 1. The van der Waals surface area contributed by atoms with E-state index in [1.165, 1.54) is 5.56 Å². The first-order valence-electron chi connectivity index (χ1n) is 3.95. The Morgan fingerprint density at radius 1 is 1.67 bits per heavy atom. The van der Waals surface area contributed by atoms with Gasteiger partial charge in [0.2, 0.25) is 0 Å². The molecule has 64 valence electrons. The molecule has 1 heterocycles. The molecule has 0 spiro atoms. The summed E-state index contributed by atoms with van der Waals surface area (Å²) in [5.41, 5.74) is 3.36. The molecular formula is C10H12ClN. The second-order valence-corrected chi connectivity index (χ2v) is 3.19. The van der Waals surface area contributed by atoms with Crippen LogP contribution in [0.3, 0.4) is 0 Å². The van der Waals surface area contributed by atoms with E-state index in [0.29, 0.717) is 5.15 Å². The van der Waals surface area contributed by atoms with E-state index in [1.807, 2.05) is 13.0 Å². The number of nitrogens with zero attached hydrogens (tertiary/aromatic N) is 1. The van der Waals surface area contributed by atoms with Gasteiger partial charge in [0.15, 0.2) is 0 Å². The molecule has 2 heteroatoms. The predicted molar refractivity (Wildman–Crippen MR) is 53.3 cm³/mol. The Hall–Kier alpha value is -0.820. The number of allylic oxidation sites excluding steroid dienone is 1. The summed E-state index contributed by atoms with van der Waals surface area (Å²) in [6.07, 6.45) is 2.74. The minimum absolute atomic E-state index is 0.553. The second-order valence-electron chi connectivity index (χ2n) is 2.80. The monoisotopic (exact) mass is 181 g/mol. The lowest BCUT2D eigenvalue weighted by Crippen LogP contribution is -1.91. The summed E-state index contributed by atoms with van der Waals surface area (Å²) in [5, 5.41) is 0.553. The van der Waals surface area contributed by atoms with Crippen LogP contribution in [0.15, 0.2) is 18.8 Å². The summed E-state index contributed by atoms with van der Waals surface area (Å²) >= 11 is 5.76. The molecule has 1 rings (SSSR count). The van der Waals surface area contributed by atoms with Crippen LogP contribution in [-0.4, -0.2) is 4.98 Å². The third-order valence-electron chi connectivity index (χ3n) is 1.80. The molecule has 0 saturated carbocycles. The molecule has 0 saturated heterocycles. The van der Waals surface area contributed by atoms with Crippen molar-refractivity contribution in [2.24, 2.45) is 0 Å². The first-order chi connectivity index (χ1) is 5.65. The highest BCUT2D eigenvalue weighted by molar-refractivity contribution is 6.29. The second kappa shape index (κ2) is 3.72. The SMILES string of the molecule is C=C(C)c1cnc(Cl)cc1CC. The van der Waals surface area contributed by atoms with Gasteiger partial charge in [-0.3, -0.25) is 0 Å². The van der Waals surface area contributed by atoms with E-state index in [2.05, 4.69) is 18.5 Å². The van der Waals surface area contributed by atoms with Crippen LogP contribution in [-0.2, 0) is 6.42 Å². The van der Waals surface area contributed by atoms with Gasteiger partial charge in [-0.05, 0) is 36.1 Å². The lowest BCUT2D eigenvalue weighted by atomic mass is 10.0. The Bertz CT molecular complexity index is 305. The summed E-state index contributed by atoms with van der Waals surface area (Å²) in [6.45, 7) is 7.95. The highest BCUT2D eigenvalue weighted by atomic mass is 35.5. The summed E-state index contributed by atoms with van der Waals surface area (Å²) in [7, 11) is 0. The van der Waals surface area contributed by atoms with Gasteiger partial charge in [-0.15, -0.1) is 0 Å². The molecule has 0 unspecified atom stereocenters. The Kier molecular flexibility index (Phi) is 2.88. The molecule has 1 nitrogen and oxygen atoms in total. The normalized spacial score (nSPS) is 9.92. The lowest BCUT2D eigenvalue weighted by molar-refractivity contribution is 1.10. The molecule has 12 heavy (non-hydrogen) atoms. The highest BCUT2D eigenvalue weighted by Crippen LogP contribution is 2.19.